The highest BCUT2D eigenvalue weighted by molar-refractivity contribution is 6.34. The van der Waals surface area contributed by atoms with Gasteiger partial charge in [-0.3, -0.25) is 24.6 Å². The number of piperidine rings is 1. The van der Waals surface area contributed by atoms with Crippen LogP contribution in [0.15, 0.2) is 48.5 Å². The first-order valence-corrected chi connectivity index (χ1v) is 11.3. The fourth-order valence-electron chi connectivity index (χ4n) is 4.79. The van der Waals surface area contributed by atoms with Gasteiger partial charge in [0.1, 0.15) is 6.04 Å². The number of imide groups is 1. The molecule has 0 spiro atoms. The minimum absolute atomic E-state index is 0.199. The quantitative estimate of drug-likeness (QED) is 0.726. The Kier molecular flexibility index (Phi) is 5.57. The van der Waals surface area contributed by atoms with Crippen molar-refractivity contribution in [3.8, 4) is 0 Å². The Morgan fingerprint density at radius 2 is 1.78 bits per heavy atom. The van der Waals surface area contributed by atoms with Gasteiger partial charge in [-0.25, -0.2) is 0 Å². The largest absolute Gasteiger partial charge is 0.322 e. The Morgan fingerprint density at radius 1 is 1.00 bits per heavy atom. The number of halogens is 1. The van der Waals surface area contributed by atoms with Crippen molar-refractivity contribution >= 4 is 34.9 Å². The van der Waals surface area contributed by atoms with Crippen LogP contribution in [0.3, 0.4) is 0 Å². The van der Waals surface area contributed by atoms with Gasteiger partial charge >= 0.3 is 0 Å². The Bertz CT molecular complexity index is 1130. The summed E-state index contributed by atoms with van der Waals surface area (Å²) in [5.41, 5.74) is 4.76. The SMILES string of the molecule is O=C1CCC(N2Cc3c(ccc(C4=CCN(Cc5ccccc5)CC4)c3Cl)C2=O)C(=O)N1. The van der Waals surface area contributed by atoms with Gasteiger partial charge in [0.05, 0.1) is 5.02 Å². The molecule has 1 atom stereocenters. The van der Waals surface area contributed by atoms with E-state index in [-0.39, 0.29) is 18.2 Å². The molecule has 2 aromatic carbocycles. The summed E-state index contributed by atoms with van der Waals surface area (Å²) in [5.74, 6) is -0.900. The van der Waals surface area contributed by atoms with Gasteiger partial charge < -0.3 is 4.90 Å². The van der Waals surface area contributed by atoms with Crippen LogP contribution < -0.4 is 5.32 Å². The molecule has 1 N–H and O–H groups in total. The summed E-state index contributed by atoms with van der Waals surface area (Å²) >= 11 is 6.79. The predicted octanol–water partition coefficient (Wildman–Crippen LogP) is 3.39. The summed E-state index contributed by atoms with van der Waals surface area (Å²) in [6, 6.07) is 13.5. The van der Waals surface area contributed by atoms with Crippen molar-refractivity contribution in [1.82, 2.24) is 15.1 Å². The molecule has 2 aromatic rings. The molecule has 1 fully saturated rings. The standard InChI is InChI=1S/C25H24ClN3O3/c26-23-18(17-10-12-28(13-11-17)14-16-4-2-1-3-5-16)6-7-19-20(23)15-29(25(19)32)21-8-9-22(30)27-24(21)31/h1-7,10,21H,8-9,11-15H2,(H,27,30,31). The van der Waals surface area contributed by atoms with E-state index in [1.807, 2.05) is 18.2 Å². The molecule has 3 aliphatic heterocycles. The van der Waals surface area contributed by atoms with Crippen molar-refractivity contribution in [2.45, 2.75) is 38.4 Å². The van der Waals surface area contributed by atoms with Crippen molar-refractivity contribution in [3.63, 3.8) is 0 Å². The first-order chi connectivity index (χ1) is 15.5. The molecule has 164 valence electrons. The summed E-state index contributed by atoms with van der Waals surface area (Å²) in [6.07, 6.45) is 3.68. The third-order valence-corrected chi connectivity index (χ3v) is 6.97. The molecule has 1 unspecified atom stereocenters. The lowest BCUT2D eigenvalue weighted by atomic mass is 9.95. The summed E-state index contributed by atoms with van der Waals surface area (Å²) in [6.45, 7) is 2.99. The number of nitrogens with zero attached hydrogens (tertiary/aromatic N) is 2. The van der Waals surface area contributed by atoms with Crippen LogP contribution in [0, 0.1) is 0 Å². The molecular weight excluding hydrogens is 426 g/mol. The highest BCUT2D eigenvalue weighted by atomic mass is 35.5. The molecule has 6 nitrogen and oxygen atoms in total. The van der Waals surface area contributed by atoms with E-state index in [1.165, 1.54) is 11.1 Å². The topological polar surface area (TPSA) is 69.7 Å². The van der Waals surface area contributed by atoms with E-state index in [0.29, 0.717) is 23.6 Å². The average molecular weight is 450 g/mol. The minimum atomic E-state index is -0.632. The van der Waals surface area contributed by atoms with Crippen molar-refractivity contribution in [2.24, 2.45) is 0 Å². The maximum Gasteiger partial charge on any atom is 0.255 e. The molecule has 5 rings (SSSR count). The van der Waals surface area contributed by atoms with Gasteiger partial charge in [0.15, 0.2) is 0 Å². The molecule has 3 aliphatic rings. The fraction of sp³-hybridized carbons (Fsp3) is 0.320. The predicted molar refractivity (Wildman–Crippen MR) is 122 cm³/mol. The second kappa shape index (κ2) is 8.52. The average Bonchev–Trinajstić information content (AvgIpc) is 3.13. The zero-order chi connectivity index (χ0) is 22.2. The smallest absolute Gasteiger partial charge is 0.255 e. The van der Waals surface area contributed by atoms with Gasteiger partial charge in [-0.15, -0.1) is 0 Å². The fourth-order valence-corrected chi connectivity index (χ4v) is 5.14. The van der Waals surface area contributed by atoms with E-state index in [9.17, 15) is 14.4 Å². The summed E-state index contributed by atoms with van der Waals surface area (Å²) in [5, 5.41) is 2.93. The highest BCUT2D eigenvalue weighted by Gasteiger charge is 2.40. The van der Waals surface area contributed by atoms with E-state index in [4.69, 9.17) is 11.6 Å². The van der Waals surface area contributed by atoms with Gasteiger partial charge in [-0.05, 0) is 35.6 Å². The van der Waals surface area contributed by atoms with E-state index in [0.717, 1.165) is 37.2 Å². The summed E-state index contributed by atoms with van der Waals surface area (Å²) < 4.78 is 0. The van der Waals surface area contributed by atoms with Crippen molar-refractivity contribution < 1.29 is 14.4 Å². The zero-order valence-corrected chi connectivity index (χ0v) is 18.4. The Balaban J connectivity index is 1.33. The van der Waals surface area contributed by atoms with Gasteiger partial charge in [-0.1, -0.05) is 54.1 Å². The van der Waals surface area contributed by atoms with E-state index in [1.54, 1.807) is 4.90 Å². The highest BCUT2D eigenvalue weighted by Crippen LogP contribution is 2.38. The lowest BCUT2D eigenvalue weighted by Crippen LogP contribution is -2.52. The monoisotopic (exact) mass is 449 g/mol. The summed E-state index contributed by atoms with van der Waals surface area (Å²) in [7, 11) is 0. The zero-order valence-electron chi connectivity index (χ0n) is 17.6. The normalized spacial score (nSPS) is 21.4. The molecule has 0 aliphatic carbocycles. The summed E-state index contributed by atoms with van der Waals surface area (Å²) in [4.78, 5) is 40.6. The van der Waals surface area contributed by atoms with Crippen LogP contribution in [0.2, 0.25) is 5.02 Å². The van der Waals surface area contributed by atoms with Crippen LogP contribution in [-0.4, -0.2) is 46.7 Å². The van der Waals surface area contributed by atoms with Crippen LogP contribution >= 0.6 is 11.6 Å². The third-order valence-electron chi connectivity index (χ3n) is 6.54. The number of fused-ring (bicyclic) bond motifs is 1. The lowest BCUT2D eigenvalue weighted by Gasteiger charge is -2.29. The van der Waals surface area contributed by atoms with Crippen LogP contribution in [0.5, 0.6) is 0 Å². The molecule has 0 radical (unpaired) electrons. The first-order valence-electron chi connectivity index (χ1n) is 10.9. The molecule has 3 amide bonds. The molecule has 0 saturated carbocycles. The Morgan fingerprint density at radius 3 is 2.50 bits per heavy atom. The van der Waals surface area contributed by atoms with Gasteiger partial charge in [0.25, 0.3) is 5.91 Å². The molecule has 32 heavy (non-hydrogen) atoms. The van der Waals surface area contributed by atoms with Crippen LogP contribution in [0.4, 0.5) is 0 Å². The number of rotatable bonds is 4. The van der Waals surface area contributed by atoms with Gasteiger partial charge in [0, 0.05) is 43.7 Å². The van der Waals surface area contributed by atoms with Crippen LogP contribution in [0.1, 0.15) is 46.3 Å². The maximum absolute atomic E-state index is 13.0. The van der Waals surface area contributed by atoms with Gasteiger partial charge in [0.2, 0.25) is 11.8 Å². The lowest BCUT2D eigenvalue weighted by molar-refractivity contribution is -0.136. The number of carbonyl (C=O) groups is 3. The van der Waals surface area contributed by atoms with Crippen molar-refractivity contribution in [2.75, 3.05) is 13.1 Å². The number of benzene rings is 2. The molecule has 3 heterocycles. The van der Waals surface area contributed by atoms with Crippen LogP contribution in [0.25, 0.3) is 5.57 Å². The third kappa shape index (κ3) is 3.85. The van der Waals surface area contributed by atoms with Gasteiger partial charge in [-0.2, -0.15) is 0 Å². The molecule has 7 heteroatoms. The first kappa shape index (κ1) is 20.9. The van der Waals surface area contributed by atoms with E-state index >= 15 is 0 Å². The minimum Gasteiger partial charge on any atom is -0.322 e. The molecular formula is C25H24ClN3O3. The number of nitrogens with one attached hydrogen (secondary N) is 1. The Hall–Kier alpha value is -2.96. The molecule has 0 bridgehead atoms. The van der Waals surface area contributed by atoms with Crippen molar-refractivity contribution in [1.29, 1.82) is 0 Å². The van der Waals surface area contributed by atoms with E-state index < -0.39 is 11.9 Å². The number of amides is 3. The van der Waals surface area contributed by atoms with Crippen molar-refractivity contribution in [3.05, 3.63) is 75.8 Å². The number of hydrogen-bond acceptors (Lipinski definition) is 4. The molecule has 1 saturated heterocycles. The van der Waals surface area contributed by atoms with Crippen LogP contribution in [-0.2, 0) is 22.7 Å². The second-order valence-electron chi connectivity index (χ2n) is 8.55. The van der Waals surface area contributed by atoms with E-state index in [2.05, 4.69) is 40.6 Å². The Labute approximate surface area is 191 Å². The number of hydrogen-bond donors (Lipinski definition) is 1. The number of carbonyl (C=O) groups excluding carboxylic acids is 3. The molecule has 0 aromatic heterocycles. The second-order valence-corrected chi connectivity index (χ2v) is 8.93. The maximum atomic E-state index is 13.0.